The topological polar surface area (TPSA) is 78.9 Å². The molecule has 1 saturated heterocycles. The van der Waals surface area contributed by atoms with Crippen LogP contribution in [0.15, 0.2) is 24.3 Å². The number of carboxylic acid groups (broad SMARTS) is 1. The highest BCUT2D eigenvalue weighted by atomic mass is 19.4. The number of urea groups is 1. The Morgan fingerprint density at radius 3 is 2.60 bits per heavy atom. The third kappa shape index (κ3) is 3.49. The maximum absolute atomic E-state index is 13.0. The molecule has 2 aliphatic rings. The predicted octanol–water partition coefficient (Wildman–Crippen LogP) is 2.41. The van der Waals surface area contributed by atoms with Crippen LogP contribution in [-0.4, -0.2) is 47.9 Å². The van der Waals surface area contributed by atoms with E-state index in [1.54, 1.807) is 24.3 Å². The van der Waals surface area contributed by atoms with Crippen LogP contribution in [0.1, 0.15) is 18.0 Å². The van der Waals surface area contributed by atoms with Crippen molar-refractivity contribution in [3.8, 4) is 5.75 Å². The van der Waals surface area contributed by atoms with Crippen LogP contribution >= 0.6 is 0 Å². The van der Waals surface area contributed by atoms with Crippen molar-refractivity contribution in [3.63, 3.8) is 0 Å². The van der Waals surface area contributed by atoms with Gasteiger partial charge < -0.3 is 20.1 Å². The number of nitrogens with one attached hydrogen (secondary N) is 1. The van der Waals surface area contributed by atoms with Crippen molar-refractivity contribution in [1.82, 2.24) is 10.2 Å². The number of halogens is 3. The van der Waals surface area contributed by atoms with Crippen LogP contribution in [0.4, 0.5) is 18.0 Å². The minimum atomic E-state index is -4.66. The SMILES string of the molecule is O=C(O)[C@@H]1CN(C(=O)NC2CCOc3ccccc32)C[C@H]1C(F)(F)F. The van der Waals surface area contributed by atoms with E-state index >= 15 is 0 Å². The van der Waals surface area contributed by atoms with E-state index in [1.165, 1.54) is 0 Å². The number of amides is 2. The molecule has 25 heavy (non-hydrogen) atoms. The molecule has 3 atom stereocenters. The van der Waals surface area contributed by atoms with Crippen LogP contribution in [0.25, 0.3) is 0 Å². The summed E-state index contributed by atoms with van der Waals surface area (Å²) < 4.78 is 44.6. The number of ether oxygens (including phenoxy) is 1. The smallest absolute Gasteiger partial charge is 0.394 e. The first-order valence-corrected chi connectivity index (χ1v) is 7.84. The van der Waals surface area contributed by atoms with E-state index in [4.69, 9.17) is 9.84 Å². The summed E-state index contributed by atoms with van der Waals surface area (Å²) in [5.41, 5.74) is 0.753. The van der Waals surface area contributed by atoms with E-state index in [0.717, 1.165) is 10.5 Å². The highest BCUT2D eigenvalue weighted by Gasteiger charge is 2.53. The van der Waals surface area contributed by atoms with Crippen molar-refractivity contribution in [2.45, 2.75) is 18.6 Å². The molecule has 6 nitrogen and oxygen atoms in total. The van der Waals surface area contributed by atoms with Gasteiger partial charge in [0.1, 0.15) is 5.75 Å². The number of hydrogen-bond donors (Lipinski definition) is 2. The van der Waals surface area contributed by atoms with E-state index < -0.39 is 43.1 Å². The first-order chi connectivity index (χ1) is 11.8. The van der Waals surface area contributed by atoms with Gasteiger partial charge in [0.05, 0.1) is 24.5 Å². The molecule has 9 heteroatoms. The van der Waals surface area contributed by atoms with Crippen LogP contribution in [-0.2, 0) is 4.79 Å². The van der Waals surface area contributed by atoms with Gasteiger partial charge in [-0.05, 0) is 6.07 Å². The van der Waals surface area contributed by atoms with Gasteiger partial charge in [0.2, 0.25) is 0 Å². The van der Waals surface area contributed by atoms with Gasteiger partial charge in [-0.15, -0.1) is 0 Å². The molecule has 2 N–H and O–H groups in total. The van der Waals surface area contributed by atoms with Gasteiger partial charge in [0.25, 0.3) is 0 Å². The van der Waals surface area contributed by atoms with Crippen LogP contribution < -0.4 is 10.1 Å². The Balaban J connectivity index is 1.71. The Morgan fingerprint density at radius 2 is 1.96 bits per heavy atom. The molecule has 2 aliphatic heterocycles. The van der Waals surface area contributed by atoms with Gasteiger partial charge in [0, 0.05) is 25.1 Å². The largest absolute Gasteiger partial charge is 0.493 e. The molecule has 0 saturated carbocycles. The van der Waals surface area contributed by atoms with Crippen molar-refractivity contribution >= 4 is 12.0 Å². The van der Waals surface area contributed by atoms with E-state index in [1.807, 2.05) is 0 Å². The summed E-state index contributed by atoms with van der Waals surface area (Å²) in [6, 6.07) is 6.02. The lowest BCUT2D eigenvalue weighted by molar-refractivity contribution is -0.187. The normalized spacial score (nSPS) is 25.9. The van der Waals surface area contributed by atoms with Gasteiger partial charge >= 0.3 is 18.2 Å². The number of fused-ring (bicyclic) bond motifs is 1. The number of para-hydroxylation sites is 1. The molecule has 2 heterocycles. The van der Waals surface area contributed by atoms with E-state index in [0.29, 0.717) is 18.8 Å². The second kappa shape index (κ2) is 6.45. The highest BCUT2D eigenvalue weighted by molar-refractivity contribution is 5.78. The molecule has 0 aliphatic carbocycles. The minimum Gasteiger partial charge on any atom is -0.493 e. The first-order valence-electron chi connectivity index (χ1n) is 7.84. The lowest BCUT2D eigenvalue weighted by Crippen LogP contribution is -2.42. The number of carbonyl (C=O) groups is 2. The second-order valence-electron chi connectivity index (χ2n) is 6.17. The Labute approximate surface area is 141 Å². The molecule has 136 valence electrons. The zero-order valence-corrected chi connectivity index (χ0v) is 13.1. The number of hydrogen-bond acceptors (Lipinski definition) is 3. The van der Waals surface area contributed by atoms with Crippen LogP contribution in [0, 0.1) is 11.8 Å². The second-order valence-corrected chi connectivity index (χ2v) is 6.17. The summed E-state index contributed by atoms with van der Waals surface area (Å²) in [4.78, 5) is 24.4. The maximum Gasteiger partial charge on any atom is 0.394 e. The third-order valence-corrected chi connectivity index (χ3v) is 4.60. The summed E-state index contributed by atoms with van der Waals surface area (Å²) in [6.45, 7) is -0.738. The van der Waals surface area contributed by atoms with Gasteiger partial charge in [0.15, 0.2) is 0 Å². The standard InChI is InChI=1S/C16H17F3N2O4/c17-16(18,19)11-8-21(7-10(11)14(22)23)15(24)20-12-5-6-25-13-4-2-1-3-9(12)13/h1-4,10-12H,5-8H2,(H,20,24)(H,22,23)/t10-,11-,12?/m1/s1. The van der Waals surface area contributed by atoms with Crippen molar-refractivity contribution in [2.75, 3.05) is 19.7 Å². The Morgan fingerprint density at radius 1 is 1.24 bits per heavy atom. The zero-order chi connectivity index (χ0) is 18.2. The van der Waals surface area contributed by atoms with Gasteiger partial charge in [-0.3, -0.25) is 4.79 Å². The number of likely N-dealkylation sites (tertiary alicyclic amines) is 1. The number of benzene rings is 1. The van der Waals surface area contributed by atoms with Crippen LogP contribution in [0.5, 0.6) is 5.75 Å². The molecule has 0 spiro atoms. The maximum atomic E-state index is 13.0. The summed E-state index contributed by atoms with van der Waals surface area (Å²) in [5.74, 6) is -4.63. The van der Waals surface area contributed by atoms with Crippen molar-refractivity contribution in [2.24, 2.45) is 11.8 Å². The quantitative estimate of drug-likeness (QED) is 0.851. The molecule has 0 radical (unpaired) electrons. The molecule has 1 aromatic rings. The van der Waals surface area contributed by atoms with Crippen molar-refractivity contribution < 1.29 is 32.6 Å². The average molecular weight is 358 g/mol. The Bertz CT molecular complexity index is 680. The summed E-state index contributed by atoms with van der Waals surface area (Å²) >= 11 is 0. The number of carboxylic acids is 1. The lowest BCUT2D eigenvalue weighted by atomic mass is 9.96. The zero-order valence-electron chi connectivity index (χ0n) is 13.1. The van der Waals surface area contributed by atoms with Gasteiger partial charge in [-0.25, -0.2) is 4.79 Å². The fraction of sp³-hybridized carbons (Fsp3) is 0.500. The predicted molar refractivity (Wildman–Crippen MR) is 80.1 cm³/mol. The fourth-order valence-electron chi connectivity index (χ4n) is 3.28. The number of aliphatic carboxylic acids is 1. The molecule has 1 fully saturated rings. The number of alkyl halides is 3. The molecule has 2 amide bonds. The number of carbonyl (C=O) groups excluding carboxylic acids is 1. The molecule has 0 aromatic heterocycles. The molecule has 1 aromatic carbocycles. The summed E-state index contributed by atoms with van der Waals surface area (Å²) in [7, 11) is 0. The monoisotopic (exact) mass is 358 g/mol. The minimum absolute atomic E-state index is 0.380. The molecule has 1 unspecified atom stereocenters. The Hall–Kier alpha value is -2.45. The molecule has 0 bridgehead atoms. The lowest BCUT2D eigenvalue weighted by Gasteiger charge is -2.28. The Kier molecular flexibility index (Phi) is 4.49. The summed E-state index contributed by atoms with van der Waals surface area (Å²) in [5, 5.41) is 11.7. The van der Waals surface area contributed by atoms with Crippen molar-refractivity contribution in [1.29, 1.82) is 0 Å². The molecular weight excluding hydrogens is 341 g/mol. The molecular formula is C16H17F3N2O4. The van der Waals surface area contributed by atoms with Gasteiger partial charge in [-0.1, -0.05) is 18.2 Å². The highest BCUT2D eigenvalue weighted by Crippen LogP contribution is 2.38. The fourth-order valence-corrected chi connectivity index (χ4v) is 3.28. The summed E-state index contributed by atoms with van der Waals surface area (Å²) in [6.07, 6.45) is -4.18. The van der Waals surface area contributed by atoms with Gasteiger partial charge in [-0.2, -0.15) is 13.2 Å². The van der Waals surface area contributed by atoms with E-state index in [2.05, 4.69) is 5.32 Å². The van der Waals surface area contributed by atoms with E-state index in [9.17, 15) is 22.8 Å². The average Bonchev–Trinajstić information content (AvgIpc) is 3.01. The van der Waals surface area contributed by atoms with E-state index in [-0.39, 0.29) is 6.04 Å². The number of nitrogens with zero attached hydrogens (tertiary/aromatic N) is 1. The first kappa shape index (κ1) is 17.4. The number of rotatable bonds is 2. The molecule has 3 rings (SSSR count). The van der Waals surface area contributed by atoms with Crippen molar-refractivity contribution in [3.05, 3.63) is 29.8 Å². The van der Waals surface area contributed by atoms with Crippen LogP contribution in [0.2, 0.25) is 0 Å². The van der Waals surface area contributed by atoms with Crippen LogP contribution in [0.3, 0.4) is 0 Å². The third-order valence-electron chi connectivity index (χ3n) is 4.60.